The first kappa shape index (κ1) is 15.0. The van der Waals surface area contributed by atoms with Crippen LogP contribution in [-0.2, 0) is 4.79 Å². The van der Waals surface area contributed by atoms with Gasteiger partial charge in [-0.25, -0.2) is 0 Å². The first-order valence-electron chi connectivity index (χ1n) is 9.59. The summed E-state index contributed by atoms with van der Waals surface area (Å²) in [4.78, 5) is 15.3. The third-order valence-electron chi connectivity index (χ3n) is 7.17. The molecule has 5 fully saturated rings. The fourth-order valence-electron chi connectivity index (χ4n) is 6.21. The molecule has 0 aromatic carbocycles. The van der Waals surface area contributed by atoms with Gasteiger partial charge in [0.05, 0.1) is 6.04 Å². The summed E-state index contributed by atoms with van der Waals surface area (Å²) in [5, 5.41) is 3.55. The van der Waals surface area contributed by atoms with Crippen LogP contribution in [0.4, 0.5) is 0 Å². The first-order valence-corrected chi connectivity index (χ1v) is 9.59. The van der Waals surface area contributed by atoms with Crippen molar-refractivity contribution >= 4 is 5.91 Å². The van der Waals surface area contributed by atoms with Crippen molar-refractivity contribution in [1.29, 1.82) is 0 Å². The second-order valence-corrected chi connectivity index (χ2v) is 9.08. The molecule has 1 atom stereocenters. The molecule has 1 saturated heterocycles. The molecular weight excluding hydrogens is 272 g/mol. The number of hydrogen-bond acceptors (Lipinski definition) is 2. The summed E-state index contributed by atoms with van der Waals surface area (Å²) in [6.45, 7) is 6.64. The first-order chi connectivity index (χ1) is 10.5. The molecular formula is C19H32N2O. The van der Waals surface area contributed by atoms with E-state index in [1.54, 1.807) is 0 Å². The van der Waals surface area contributed by atoms with E-state index in [-0.39, 0.29) is 11.6 Å². The van der Waals surface area contributed by atoms with Crippen LogP contribution in [0.3, 0.4) is 0 Å². The zero-order valence-corrected chi connectivity index (χ0v) is 14.3. The fraction of sp³-hybridized carbons (Fsp3) is 0.947. The van der Waals surface area contributed by atoms with Crippen LogP contribution in [0.1, 0.15) is 65.2 Å². The van der Waals surface area contributed by atoms with E-state index in [0.717, 1.165) is 36.8 Å². The Hall–Kier alpha value is -0.570. The van der Waals surface area contributed by atoms with Gasteiger partial charge in [-0.3, -0.25) is 9.69 Å². The van der Waals surface area contributed by atoms with Crippen LogP contribution in [0.15, 0.2) is 0 Å². The average Bonchev–Trinajstić information content (AvgIpc) is 2.45. The monoisotopic (exact) mass is 304 g/mol. The Balaban J connectivity index is 1.39. The molecule has 1 aliphatic heterocycles. The summed E-state index contributed by atoms with van der Waals surface area (Å²) in [7, 11) is 0. The Morgan fingerprint density at radius 3 is 2.05 bits per heavy atom. The molecule has 5 rings (SSSR count). The van der Waals surface area contributed by atoms with Crippen molar-refractivity contribution < 1.29 is 4.79 Å². The molecule has 1 unspecified atom stereocenters. The van der Waals surface area contributed by atoms with Gasteiger partial charge in [0.2, 0.25) is 5.91 Å². The topological polar surface area (TPSA) is 32.3 Å². The molecule has 1 heterocycles. The van der Waals surface area contributed by atoms with E-state index < -0.39 is 0 Å². The maximum absolute atomic E-state index is 12.9. The number of nitrogens with zero attached hydrogens (tertiary/aromatic N) is 1. The van der Waals surface area contributed by atoms with E-state index >= 15 is 0 Å². The van der Waals surface area contributed by atoms with Gasteiger partial charge in [-0.05, 0) is 95.1 Å². The third kappa shape index (κ3) is 2.70. The minimum atomic E-state index is 0.0560. The SMILES string of the molecule is CC1CCN(C(C)C(=O)NC23CC4CC(CC(C4)C2)C3)CC1. The smallest absolute Gasteiger partial charge is 0.237 e. The summed E-state index contributed by atoms with van der Waals surface area (Å²) in [5.74, 6) is 3.83. The highest BCUT2D eigenvalue weighted by molar-refractivity contribution is 5.82. The van der Waals surface area contributed by atoms with Crippen molar-refractivity contribution in [1.82, 2.24) is 10.2 Å². The number of likely N-dealkylation sites (tertiary alicyclic amines) is 1. The molecule has 22 heavy (non-hydrogen) atoms. The van der Waals surface area contributed by atoms with Gasteiger partial charge >= 0.3 is 0 Å². The minimum Gasteiger partial charge on any atom is -0.349 e. The lowest BCUT2D eigenvalue weighted by atomic mass is 9.53. The Morgan fingerprint density at radius 2 is 1.55 bits per heavy atom. The van der Waals surface area contributed by atoms with Crippen LogP contribution in [0.2, 0.25) is 0 Å². The van der Waals surface area contributed by atoms with Gasteiger partial charge in [0.25, 0.3) is 0 Å². The molecule has 0 aromatic heterocycles. The minimum absolute atomic E-state index is 0.0560. The van der Waals surface area contributed by atoms with Gasteiger partial charge in [-0.2, -0.15) is 0 Å². The molecule has 3 heteroatoms. The van der Waals surface area contributed by atoms with Crippen LogP contribution >= 0.6 is 0 Å². The highest BCUT2D eigenvalue weighted by atomic mass is 16.2. The number of carbonyl (C=O) groups is 1. The van der Waals surface area contributed by atoms with Crippen molar-refractivity contribution in [2.75, 3.05) is 13.1 Å². The summed E-state index contributed by atoms with van der Waals surface area (Å²) in [5.41, 5.74) is 0.170. The van der Waals surface area contributed by atoms with E-state index in [1.807, 2.05) is 0 Å². The third-order valence-corrected chi connectivity index (χ3v) is 7.17. The lowest BCUT2D eigenvalue weighted by Gasteiger charge is -2.57. The van der Waals surface area contributed by atoms with Crippen molar-refractivity contribution in [2.45, 2.75) is 76.8 Å². The van der Waals surface area contributed by atoms with E-state index in [4.69, 9.17) is 0 Å². The average molecular weight is 304 g/mol. The summed E-state index contributed by atoms with van der Waals surface area (Å²) in [6.07, 6.45) is 10.6. The largest absolute Gasteiger partial charge is 0.349 e. The van der Waals surface area contributed by atoms with Crippen LogP contribution < -0.4 is 5.32 Å². The van der Waals surface area contributed by atoms with Crippen molar-refractivity contribution in [3.63, 3.8) is 0 Å². The Kier molecular flexibility index (Phi) is 3.75. The van der Waals surface area contributed by atoms with Crippen molar-refractivity contribution in [3.8, 4) is 0 Å². The Labute approximate surface area is 135 Å². The second-order valence-electron chi connectivity index (χ2n) is 9.08. The van der Waals surface area contributed by atoms with Crippen LogP contribution in [-0.4, -0.2) is 35.5 Å². The fourth-order valence-corrected chi connectivity index (χ4v) is 6.21. The Bertz CT molecular complexity index is 403. The zero-order valence-electron chi connectivity index (χ0n) is 14.3. The number of hydrogen-bond donors (Lipinski definition) is 1. The molecule has 3 nitrogen and oxygen atoms in total. The van der Waals surface area contributed by atoms with E-state index in [0.29, 0.717) is 5.91 Å². The molecule has 124 valence electrons. The standard InChI is InChI=1S/C19H32N2O/c1-13-3-5-21(6-4-13)14(2)18(22)20-19-10-15-7-16(11-19)9-17(8-15)12-19/h13-17H,3-12H2,1-2H3,(H,20,22). The predicted octanol–water partition coefficient (Wildman–Crippen LogP) is 3.19. The maximum Gasteiger partial charge on any atom is 0.237 e. The molecule has 4 bridgehead atoms. The van der Waals surface area contributed by atoms with Crippen LogP contribution in [0, 0.1) is 23.7 Å². The second kappa shape index (κ2) is 5.51. The van der Waals surface area contributed by atoms with Gasteiger partial charge in [0, 0.05) is 5.54 Å². The molecule has 1 N–H and O–H groups in total. The molecule has 4 aliphatic carbocycles. The van der Waals surface area contributed by atoms with Gasteiger partial charge in [-0.1, -0.05) is 6.92 Å². The van der Waals surface area contributed by atoms with E-state index in [9.17, 15) is 4.79 Å². The quantitative estimate of drug-likeness (QED) is 0.868. The van der Waals surface area contributed by atoms with Crippen LogP contribution in [0.25, 0.3) is 0 Å². The molecule has 0 radical (unpaired) electrons. The highest BCUT2D eigenvalue weighted by Gasteiger charge is 2.51. The predicted molar refractivity (Wildman–Crippen MR) is 88.5 cm³/mol. The molecule has 1 amide bonds. The molecule has 0 aromatic rings. The number of nitrogens with one attached hydrogen (secondary N) is 1. The van der Waals surface area contributed by atoms with Gasteiger partial charge in [-0.15, -0.1) is 0 Å². The maximum atomic E-state index is 12.9. The Morgan fingerprint density at radius 1 is 1.05 bits per heavy atom. The molecule has 0 spiro atoms. The normalized spacial score (nSPS) is 43.3. The number of carbonyl (C=O) groups excluding carboxylic acids is 1. The highest BCUT2D eigenvalue weighted by Crippen LogP contribution is 2.55. The van der Waals surface area contributed by atoms with Gasteiger partial charge < -0.3 is 5.32 Å². The number of piperidine rings is 1. The summed E-state index contributed by atoms with van der Waals surface area (Å²) < 4.78 is 0. The number of rotatable bonds is 3. The zero-order chi connectivity index (χ0) is 15.3. The van der Waals surface area contributed by atoms with Crippen LogP contribution in [0.5, 0.6) is 0 Å². The van der Waals surface area contributed by atoms with Gasteiger partial charge in [0.15, 0.2) is 0 Å². The van der Waals surface area contributed by atoms with Crippen molar-refractivity contribution in [3.05, 3.63) is 0 Å². The van der Waals surface area contributed by atoms with E-state index in [1.165, 1.54) is 51.4 Å². The van der Waals surface area contributed by atoms with Crippen molar-refractivity contribution in [2.24, 2.45) is 23.7 Å². The molecule has 5 aliphatic rings. The lowest BCUT2D eigenvalue weighted by molar-refractivity contribution is -0.132. The number of amides is 1. The van der Waals surface area contributed by atoms with Gasteiger partial charge in [0.1, 0.15) is 0 Å². The molecule has 4 saturated carbocycles. The summed E-state index contributed by atoms with van der Waals surface area (Å²) in [6, 6.07) is 0.0560. The summed E-state index contributed by atoms with van der Waals surface area (Å²) >= 11 is 0. The van der Waals surface area contributed by atoms with E-state index in [2.05, 4.69) is 24.1 Å². The lowest BCUT2D eigenvalue weighted by Crippen LogP contribution is -2.62.